The zero-order valence-corrected chi connectivity index (χ0v) is 23.8. The Morgan fingerprint density at radius 3 is 1.93 bits per heavy atom. The molecule has 8 atom stereocenters. The van der Waals surface area contributed by atoms with Gasteiger partial charge >= 0.3 is 0 Å². The predicted molar refractivity (Wildman–Crippen MR) is 147 cm³/mol. The van der Waals surface area contributed by atoms with Crippen LogP contribution in [-0.4, -0.2) is 47.9 Å². The summed E-state index contributed by atoms with van der Waals surface area (Å²) in [5, 5.41) is 1.19. The van der Waals surface area contributed by atoms with Gasteiger partial charge in [0.1, 0.15) is 0 Å². The lowest BCUT2D eigenvalue weighted by molar-refractivity contribution is 0.0871. The highest BCUT2D eigenvalue weighted by atomic mass is 31.2. The van der Waals surface area contributed by atoms with E-state index in [-0.39, 0.29) is 0 Å². The zero-order chi connectivity index (χ0) is 21.9. The van der Waals surface area contributed by atoms with E-state index < -0.39 is 22.6 Å². The van der Waals surface area contributed by atoms with Crippen LogP contribution in [0, 0.1) is 34.0 Å². The average molecular weight is 445 g/mol. The van der Waals surface area contributed by atoms with Gasteiger partial charge in [0, 0.05) is 0 Å². The van der Waals surface area contributed by atoms with Gasteiger partial charge in [0.05, 0.1) is 0 Å². The van der Waals surface area contributed by atoms with Crippen molar-refractivity contribution in [2.45, 2.75) is 86.2 Å². The molecule has 4 unspecified atom stereocenters. The summed E-state index contributed by atoms with van der Waals surface area (Å²) >= 11 is 0. The van der Waals surface area contributed by atoms with Crippen LogP contribution in [0.4, 0.5) is 0 Å². The van der Waals surface area contributed by atoms with Gasteiger partial charge in [-0.3, -0.25) is 0 Å². The molecule has 0 spiro atoms. The monoisotopic (exact) mass is 444 g/mol. The summed E-state index contributed by atoms with van der Waals surface area (Å²) in [6.07, 6.45) is 19.5. The minimum absolute atomic E-state index is 0.369. The Kier molecular flexibility index (Phi) is 7.29. The van der Waals surface area contributed by atoms with Crippen LogP contribution in [0.15, 0.2) is 0 Å². The molecule has 2 aliphatic rings. The third-order valence-electron chi connectivity index (χ3n) is 9.98. The van der Waals surface area contributed by atoms with Crippen molar-refractivity contribution in [2.75, 3.05) is 18.5 Å². The Bertz CT molecular complexity index is 665. The van der Waals surface area contributed by atoms with Crippen molar-refractivity contribution in [3.8, 4) is 0 Å². The molecule has 0 radical (unpaired) electrons. The molecule has 0 N–H and O–H groups in total. The highest BCUT2D eigenvalue weighted by Gasteiger charge is 2.81. The van der Waals surface area contributed by atoms with Crippen molar-refractivity contribution >= 4 is 41.5 Å². The van der Waals surface area contributed by atoms with Gasteiger partial charge in [-0.15, -0.1) is 41.5 Å². The molecule has 0 aromatic heterocycles. The van der Waals surface area contributed by atoms with E-state index in [1.807, 2.05) is 0 Å². The van der Waals surface area contributed by atoms with Crippen LogP contribution in [0.25, 0.3) is 0 Å². The van der Waals surface area contributed by atoms with Crippen LogP contribution in [0.2, 0.25) is 0 Å². The lowest BCUT2D eigenvalue weighted by Crippen LogP contribution is -2.36. The molecular formula is C25H51P3. The fourth-order valence-corrected chi connectivity index (χ4v) is 17.8. The Hall–Kier alpha value is 0.900. The topological polar surface area (TPSA) is 0 Å². The zero-order valence-electron chi connectivity index (χ0n) is 20.8. The van der Waals surface area contributed by atoms with E-state index >= 15 is 0 Å². The normalized spacial score (nSPS) is 37.7. The van der Waals surface area contributed by atoms with Crippen molar-refractivity contribution in [2.24, 2.45) is 34.0 Å². The molecule has 0 amide bonds. The molecule has 0 heterocycles. The maximum Gasteiger partial charge on any atom is -0.00291 e. The van der Waals surface area contributed by atoms with Gasteiger partial charge in [-0.05, 0) is 69.5 Å². The molecule has 0 nitrogen and oxygen atoms in total. The molecule has 0 aliphatic heterocycles. The van der Waals surface area contributed by atoms with Gasteiger partial charge < -0.3 is 0 Å². The molecule has 2 fully saturated rings. The Morgan fingerprint density at radius 2 is 1.50 bits per heavy atom. The van der Waals surface area contributed by atoms with Gasteiger partial charge in [-0.25, -0.2) is 0 Å². The summed E-state index contributed by atoms with van der Waals surface area (Å²) in [7, 11) is -1.73. The molecular weight excluding hydrogens is 393 g/mol. The van der Waals surface area contributed by atoms with Gasteiger partial charge in [-0.2, -0.15) is 0 Å². The first-order chi connectivity index (χ1) is 12.6. The Labute approximate surface area is 180 Å². The van der Waals surface area contributed by atoms with Crippen LogP contribution < -0.4 is 0 Å². The first kappa shape index (κ1) is 25.2. The lowest BCUT2D eigenvalue weighted by atomic mass is 9.65. The molecule has 0 saturated heterocycles. The summed E-state index contributed by atoms with van der Waals surface area (Å²) in [5.74, 6) is 2.50. The average Bonchev–Trinajstić information content (AvgIpc) is 3.04. The van der Waals surface area contributed by atoms with Crippen molar-refractivity contribution in [3.05, 3.63) is 0 Å². The summed E-state index contributed by atoms with van der Waals surface area (Å²) in [6, 6.07) is 0. The number of rotatable bonds is 9. The quantitative estimate of drug-likeness (QED) is 0.325. The maximum absolute atomic E-state index is 4.96. The molecule has 0 bridgehead atoms. The van der Waals surface area contributed by atoms with Crippen molar-refractivity contribution in [3.63, 3.8) is 0 Å². The van der Waals surface area contributed by atoms with Crippen LogP contribution >= 0.6 is 22.6 Å². The molecule has 2 saturated carbocycles. The van der Waals surface area contributed by atoms with Gasteiger partial charge in [-0.1, -0.05) is 69.2 Å². The summed E-state index contributed by atoms with van der Waals surface area (Å²) < 4.78 is 0. The molecule has 3 heteroatoms. The number of fused-ring (bicyclic) bond motifs is 1. The van der Waals surface area contributed by atoms with E-state index in [9.17, 15) is 0 Å². The minimum atomic E-state index is -0.727. The highest BCUT2D eigenvalue weighted by Crippen LogP contribution is 2.86. The number of hydrogen-bond acceptors (Lipinski definition) is 0. The van der Waals surface area contributed by atoms with Crippen molar-refractivity contribution in [1.82, 2.24) is 0 Å². The fraction of sp³-hybridized carbons (Fsp3) is 0.880. The first-order valence-electron chi connectivity index (χ1n) is 11.7. The smallest absolute Gasteiger partial charge is 0.00291 e. The second-order valence-corrected chi connectivity index (χ2v) is 21.0. The van der Waals surface area contributed by atoms with Crippen molar-refractivity contribution < 1.29 is 0 Å². The first-order valence-corrected chi connectivity index (χ1v) is 17.6. The fourth-order valence-electron chi connectivity index (χ4n) is 7.32. The van der Waals surface area contributed by atoms with E-state index in [1.165, 1.54) is 24.9 Å². The van der Waals surface area contributed by atoms with E-state index in [2.05, 4.69) is 75.5 Å². The lowest BCUT2D eigenvalue weighted by Gasteiger charge is -2.44. The Balaban J connectivity index is 2.34. The van der Waals surface area contributed by atoms with Gasteiger partial charge in [0.2, 0.25) is 0 Å². The molecule has 2 aliphatic carbocycles. The number of hydrogen-bond donors (Lipinski definition) is 0. The summed E-state index contributed by atoms with van der Waals surface area (Å²) in [6.45, 7) is 25.2. The van der Waals surface area contributed by atoms with E-state index in [0.29, 0.717) is 21.4 Å². The molecule has 0 aromatic carbocycles. The van der Waals surface area contributed by atoms with Crippen LogP contribution in [-0.2, 0) is 0 Å². The van der Waals surface area contributed by atoms with Crippen LogP contribution in [0.5, 0.6) is 0 Å². The molecule has 166 valence electrons. The minimum Gasteiger partial charge on any atom is -0.124 e. The third kappa shape index (κ3) is 3.69. The summed E-state index contributed by atoms with van der Waals surface area (Å²) in [4.78, 5) is 0. The SMILES string of the molecule is C=[PH](CC)CC([PH](=C)CC)[PH](=C)C(C)(C)C[C@]12[C@@H](C)C(C)(C)[C@H](C)[C@H]1C2(C)C. The van der Waals surface area contributed by atoms with Crippen molar-refractivity contribution in [1.29, 1.82) is 0 Å². The third-order valence-corrected chi connectivity index (χ3v) is 20.1. The van der Waals surface area contributed by atoms with Gasteiger partial charge in [0.15, 0.2) is 0 Å². The van der Waals surface area contributed by atoms with Crippen LogP contribution in [0.3, 0.4) is 0 Å². The van der Waals surface area contributed by atoms with E-state index in [0.717, 1.165) is 23.2 Å². The largest absolute Gasteiger partial charge is 0.124 e. The van der Waals surface area contributed by atoms with Crippen LogP contribution in [0.1, 0.15) is 75.7 Å². The second-order valence-electron chi connectivity index (χ2n) is 12.0. The molecule has 2 rings (SSSR count). The second kappa shape index (κ2) is 8.11. The van der Waals surface area contributed by atoms with E-state index in [1.54, 1.807) is 0 Å². The standard InChI is InChI=1S/C25H51P3/c1-14-26(11)16-20(27(12)15-2)28(13)22(5,6)17-25-19(4)23(7,8)18(3)21(25)24(25,9)10/h18-21,26-28H,11-17H2,1-10H3/t18-,19+,20?,21+,25+/m1/s1. The Morgan fingerprint density at radius 1 is 0.964 bits per heavy atom. The maximum atomic E-state index is 4.96. The van der Waals surface area contributed by atoms with Gasteiger partial charge in [0.25, 0.3) is 0 Å². The predicted octanol–water partition coefficient (Wildman–Crippen LogP) is 7.41. The molecule has 0 aromatic rings. The van der Waals surface area contributed by atoms with E-state index in [4.69, 9.17) is 12.6 Å². The highest BCUT2D eigenvalue weighted by molar-refractivity contribution is 7.75. The molecule has 28 heavy (non-hydrogen) atoms. The summed E-state index contributed by atoms with van der Waals surface area (Å²) in [5.41, 5.74) is 1.46.